The molecule has 0 aliphatic rings. The van der Waals surface area contributed by atoms with Crippen LogP contribution in [0.25, 0.3) is 0 Å². The molecule has 1 atom stereocenters. The second-order valence-corrected chi connectivity index (χ2v) is 5.52. The van der Waals surface area contributed by atoms with Crippen molar-refractivity contribution in [3.05, 3.63) is 42.1 Å². The highest BCUT2D eigenvalue weighted by Crippen LogP contribution is 2.20. The van der Waals surface area contributed by atoms with Crippen molar-refractivity contribution in [3.8, 4) is 0 Å². The molecule has 2 rings (SSSR count). The maximum absolute atomic E-state index is 5.23. The maximum atomic E-state index is 5.23. The van der Waals surface area contributed by atoms with Crippen LogP contribution in [0, 0.1) is 0 Å². The predicted octanol–water partition coefficient (Wildman–Crippen LogP) is 4.12. The summed E-state index contributed by atoms with van der Waals surface area (Å²) in [6, 6.07) is 4.95. The summed E-state index contributed by atoms with van der Waals surface area (Å²) in [5, 5.41) is 8.33. The molecule has 0 spiro atoms. The SMILES string of the molecule is CCCNC(Cc1ccn(C(CC)CC)n1)c1ccoc1. The van der Waals surface area contributed by atoms with Gasteiger partial charge in [0.25, 0.3) is 0 Å². The van der Waals surface area contributed by atoms with Gasteiger partial charge < -0.3 is 9.73 Å². The van der Waals surface area contributed by atoms with E-state index in [4.69, 9.17) is 9.52 Å². The summed E-state index contributed by atoms with van der Waals surface area (Å²) < 4.78 is 7.34. The summed E-state index contributed by atoms with van der Waals surface area (Å²) in [6.45, 7) is 7.61. The molecular formula is C17H27N3O. The Morgan fingerprint density at radius 3 is 2.67 bits per heavy atom. The molecule has 2 aromatic heterocycles. The molecule has 21 heavy (non-hydrogen) atoms. The van der Waals surface area contributed by atoms with E-state index in [-0.39, 0.29) is 6.04 Å². The molecule has 1 unspecified atom stereocenters. The molecule has 0 aliphatic heterocycles. The van der Waals surface area contributed by atoms with E-state index in [9.17, 15) is 0 Å². The van der Waals surface area contributed by atoms with E-state index in [0.717, 1.165) is 37.9 Å². The molecule has 0 aromatic carbocycles. The van der Waals surface area contributed by atoms with Gasteiger partial charge >= 0.3 is 0 Å². The van der Waals surface area contributed by atoms with Gasteiger partial charge in [-0.1, -0.05) is 20.8 Å². The van der Waals surface area contributed by atoms with Crippen LogP contribution in [0.3, 0.4) is 0 Å². The number of hydrogen-bond donors (Lipinski definition) is 1. The molecule has 0 saturated heterocycles. The van der Waals surface area contributed by atoms with Gasteiger partial charge in [0, 0.05) is 24.2 Å². The first kappa shape index (κ1) is 15.8. The van der Waals surface area contributed by atoms with Crippen LogP contribution < -0.4 is 5.32 Å². The van der Waals surface area contributed by atoms with Crippen LogP contribution in [0.2, 0.25) is 0 Å². The summed E-state index contributed by atoms with van der Waals surface area (Å²) >= 11 is 0. The minimum absolute atomic E-state index is 0.272. The van der Waals surface area contributed by atoms with Crippen molar-refractivity contribution in [2.75, 3.05) is 6.54 Å². The van der Waals surface area contributed by atoms with Crippen molar-refractivity contribution < 1.29 is 4.42 Å². The lowest BCUT2D eigenvalue weighted by Gasteiger charge is -2.16. The quantitative estimate of drug-likeness (QED) is 0.755. The average molecular weight is 289 g/mol. The van der Waals surface area contributed by atoms with Crippen molar-refractivity contribution in [1.29, 1.82) is 0 Å². The number of nitrogens with zero attached hydrogens (tertiary/aromatic N) is 2. The first-order valence-corrected chi connectivity index (χ1v) is 8.07. The summed E-state index contributed by atoms with van der Waals surface area (Å²) in [6.07, 6.45) is 9.93. The molecular weight excluding hydrogens is 262 g/mol. The molecule has 2 aromatic rings. The fourth-order valence-corrected chi connectivity index (χ4v) is 2.66. The van der Waals surface area contributed by atoms with Gasteiger partial charge in [-0.25, -0.2) is 0 Å². The molecule has 116 valence electrons. The fraction of sp³-hybridized carbons (Fsp3) is 0.588. The molecule has 0 radical (unpaired) electrons. The van der Waals surface area contributed by atoms with Crippen molar-refractivity contribution in [2.24, 2.45) is 0 Å². The Balaban J connectivity index is 2.06. The van der Waals surface area contributed by atoms with Crippen LogP contribution in [0.15, 0.2) is 35.3 Å². The lowest BCUT2D eigenvalue weighted by molar-refractivity contribution is 0.422. The van der Waals surface area contributed by atoms with Crippen molar-refractivity contribution in [1.82, 2.24) is 15.1 Å². The standard InChI is InChI=1S/C17H27N3O/c1-4-9-18-17(14-8-11-21-13-14)12-15-7-10-20(19-15)16(5-2)6-3/h7-8,10-11,13,16-18H,4-6,9,12H2,1-3H3. The van der Waals surface area contributed by atoms with E-state index in [0.29, 0.717) is 6.04 Å². The van der Waals surface area contributed by atoms with Gasteiger partial charge in [0.15, 0.2) is 0 Å². The van der Waals surface area contributed by atoms with Gasteiger partial charge in [0.2, 0.25) is 0 Å². The molecule has 4 nitrogen and oxygen atoms in total. The van der Waals surface area contributed by atoms with Gasteiger partial charge in [-0.3, -0.25) is 4.68 Å². The highest BCUT2D eigenvalue weighted by atomic mass is 16.3. The Bertz CT molecular complexity index is 500. The summed E-state index contributed by atoms with van der Waals surface area (Å²) in [4.78, 5) is 0. The van der Waals surface area contributed by atoms with Gasteiger partial charge in [0.05, 0.1) is 24.3 Å². The number of nitrogens with one attached hydrogen (secondary N) is 1. The third-order valence-corrected chi connectivity index (χ3v) is 3.98. The van der Waals surface area contributed by atoms with Crippen molar-refractivity contribution >= 4 is 0 Å². The Morgan fingerprint density at radius 1 is 1.24 bits per heavy atom. The molecule has 0 aliphatic carbocycles. The number of aromatic nitrogens is 2. The van der Waals surface area contributed by atoms with Crippen LogP contribution >= 0.6 is 0 Å². The lowest BCUT2D eigenvalue weighted by atomic mass is 10.1. The third-order valence-electron chi connectivity index (χ3n) is 3.98. The minimum Gasteiger partial charge on any atom is -0.472 e. The topological polar surface area (TPSA) is 43.0 Å². The van der Waals surface area contributed by atoms with Gasteiger partial charge in [-0.15, -0.1) is 0 Å². The van der Waals surface area contributed by atoms with Crippen LogP contribution in [-0.4, -0.2) is 16.3 Å². The first-order chi connectivity index (χ1) is 10.3. The Kier molecular flexibility index (Phi) is 6.05. The molecule has 0 fully saturated rings. The van der Waals surface area contributed by atoms with Gasteiger partial charge in [0.1, 0.15) is 0 Å². The van der Waals surface area contributed by atoms with Crippen molar-refractivity contribution in [2.45, 2.75) is 58.5 Å². The number of rotatable bonds is 9. The van der Waals surface area contributed by atoms with E-state index >= 15 is 0 Å². The van der Waals surface area contributed by atoms with E-state index in [1.54, 1.807) is 6.26 Å². The highest BCUT2D eigenvalue weighted by Gasteiger charge is 2.15. The minimum atomic E-state index is 0.272. The van der Waals surface area contributed by atoms with E-state index in [1.165, 1.54) is 5.56 Å². The molecule has 0 bridgehead atoms. The van der Waals surface area contributed by atoms with Crippen LogP contribution in [0.4, 0.5) is 0 Å². The smallest absolute Gasteiger partial charge is 0.0950 e. The third kappa shape index (κ3) is 4.21. The van der Waals surface area contributed by atoms with E-state index in [2.05, 4.69) is 43.0 Å². The number of hydrogen-bond acceptors (Lipinski definition) is 3. The molecule has 1 N–H and O–H groups in total. The number of furan rings is 1. The second-order valence-electron chi connectivity index (χ2n) is 5.52. The van der Waals surface area contributed by atoms with E-state index in [1.807, 2.05) is 12.3 Å². The van der Waals surface area contributed by atoms with Gasteiger partial charge in [-0.2, -0.15) is 5.10 Å². The zero-order valence-electron chi connectivity index (χ0n) is 13.4. The van der Waals surface area contributed by atoms with Gasteiger partial charge in [-0.05, 0) is 37.9 Å². The average Bonchev–Trinajstić information content (AvgIpc) is 3.16. The zero-order valence-corrected chi connectivity index (χ0v) is 13.4. The Labute approximate surface area is 127 Å². The lowest BCUT2D eigenvalue weighted by Crippen LogP contribution is -2.24. The van der Waals surface area contributed by atoms with Crippen LogP contribution in [0.1, 0.15) is 63.4 Å². The Morgan fingerprint density at radius 2 is 2.05 bits per heavy atom. The monoisotopic (exact) mass is 289 g/mol. The maximum Gasteiger partial charge on any atom is 0.0950 e. The largest absolute Gasteiger partial charge is 0.472 e. The molecule has 0 amide bonds. The first-order valence-electron chi connectivity index (χ1n) is 8.07. The zero-order chi connectivity index (χ0) is 15.1. The second kappa shape index (κ2) is 8.03. The normalized spacial score (nSPS) is 13.0. The summed E-state index contributed by atoms with van der Waals surface area (Å²) in [5.74, 6) is 0. The molecule has 0 saturated carbocycles. The van der Waals surface area contributed by atoms with Crippen LogP contribution in [-0.2, 0) is 6.42 Å². The van der Waals surface area contributed by atoms with Crippen molar-refractivity contribution in [3.63, 3.8) is 0 Å². The van der Waals surface area contributed by atoms with E-state index < -0.39 is 0 Å². The van der Waals surface area contributed by atoms with Crippen LogP contribution in [0.5, 0.6) is 0 Å². The molecule has 4 heteroatoms. The highest BCUT2D eigenvalue weighted by molar-refractivity contribution is 5.15. The Hall–Kier alpha value is -1.55. The fourth-order valence-electron chi connectivity index (χ4n) is 2.66. The summed E-state index contributed by atoms with van der Waals surface area (Å²) in [7, 11) is 0. The predicted molar refractivity (Wildman–Crippen MR) is 85.3 cm³/mol. The molecule has 2 heterocycles. The summed E-state index contributed by atoms with van der Waals surface area (Å²) in [5.41, 5.74) is 2.33.